The lowest BCUT2D eigenvalue weighted by Gasteiger charge is -2.13. The van der Waals surface area contributed by atoms with Gasteiger partial charge in [-0.25, -0.2) is 18.4 Å². The Bertz CT molecular complexity index is 836. The fraction of sp³-hybridized carbons (Fsp3) is 0.429. The van der Waals surface area contributed by atoms with Crippen molar-refractivity contribution in [3.8, 4) is 0 Å². The van der Waals surface area contributed by atoms with Gasteiger partial charge in [-0.3, -0.25) is 0 Å². The van der Waals surface area contributed by atoms with Gasteiger partial charge in [-0.1, -0.05) is 25.4 Å². The van der Waals surface area contributed by atoms with Gasteiger partial charge in [-0.15, -0.1) is 0 Å². The summed E-state index contributed by atoms with van der Waals surface area (Å²) in [6.07, 6.45) is -4.68. The monoisotopic (exact) mass is 366 g/mol. The van der Waals surface area contributed by atoms with Gasteiger partial charge in [0.2, 0.25) is 0 Å². The number of nitrogens with zero attached hydrogens (tertiary/aromatic N) is 2. The number of halogens is 4. The number of aromatic nitrogens is 2. The Balaban J connectivity index is 2.68. The summed E-state index contributed by atoms with van der Waals surface area (Å²) in [5.74, 6) is -0.393. The summed E-state index contributed by atoms with van der Waals surface area (Å²) in [7, 11) is -4.21. The number of sulfone groups is 1. The van der Waals surface area contributed by atoms with E-state index in [1.807, 2.05) is 0 Å². The molecule has 0 atom stereocenters. The Hall–Kier alpha value is -1.41. The molecular formula is C14H14ClF3N2O2S. The van der Waals surface area contributed by atoms with Gasteiger partial charge in [-0.05, 0) is 30.5 Å². The smallest absolute Gasteiger partial charge is 0.239 e. The van der Waals surface area contributed by atoms with E-state index < -0.39 is 32.5 Å². The largest absolute Gasteiger partial charge is 0.436 e. The van der Waals surface area contributed by atoms with Crippen LogP contribution in [-0.4, -0.2) is 24.1 Å². The third-order valence-electron chi connectivity index (χ3n) is 3.12. The van der Waals surface area contributed by atoms with Crippen LogP contribution in [0.4, 0.5) is 13.2 Å². The van der Waals surface area contributed by atoms with E-state index in [9.17, 15) is 21.6 Å². The van der Waals surface area contributed by atoms with Crippen LogP contribution >= 0.6 is 11.6 Å². The average molecular weight is 367 g/mol. The van der Waals surface area contributed by atoms with Crippen LogP contribution in [0.5, 0.6) is 0 Å². The number of alkyl halides is 3. The van der Waals surface area contributed by atoms with Crippen LogP contribution in [0.2, 0.25) is 5.02 Å². The highest BCUT2D eigenvalue weighted by Gasteiger charge is 2.40. The molecule has 126 valence electrons. The first-order valence-corrected chi connectivity index (χ1v) is 8.81. The molecule has 2 aromatic rings. The minimum atomic E-state index is -4.92. The number of hydrogen-bond acceptors (Lipinski definition) is 4. The minimum absolute atomic E-state index is 0.00798. The van der Waals surface area contributed by atoms with E-state index in [0.717, 1.165) is 0 Å². The van der Waals surface area contributed by atoms with Crippen molar-refractivity contribution < 1.29 is 21.6 Å². The normalized spacial score (nSPS) is 13.0. The molecule has 0 fully saturated rings. The molecule has 23 heavy (non-hydrogen) atoms. The lowest BCUT2D eigenvalue weighted by molar-refractivity contribution is -0.143. The van der Waals surface area contributed by atoms with Crippen LogP contribution in [0.1, 0.15) is 26.0 Å². The van der Waals surface area contributed by atoms with Crippen molar-refractivity contribution in [2.45, 2.75) is 31.5 Å². The summed E-state index contributed by atoms with van der Waals surface area (Å²) in [6, 6.07) is 3.92. The van der Waals surface area contributed by atoms with Crippen LogP contribution in [0.15, 0.2) is 23.2 Å². The third-order valence-corrected chi connectivity index (χ3v) is 5.00. The molecule has 0 aliphatic carbocycles. The molecule has 0 aliphatic rings. The molecule has 2 rings (SSSR count). The number of rotatable bonds is 4. The molecule has 0 N–H and O–H groups in total. The Morgan fingerprint density at radius 3 is 2.39 bits per heavy atom. The topological polar surface area (TPSA) is 59.9 Å². The molecule has 0 unspecified atom stereocenters. The summed E-state index contributed by atoms with van der Waals surface area (Å²) < 4.78 is 64.2. The van der Waals surface area contributed by atoms with E-state index in [1.54, 1.807) is 13.8 Å². The molecule has 1 aromatic carbocycles. The molecule has 0 amide bonds. The van der Waals surface area contributed by atoms with Gasteiger partial charge in [0, 0.05) is 5.02 Å². The molecule has 0 aliphatic heterocycles. The zero-order valence-electron chi connectivity index (χ0n) is 12.4. The first-order chi connectivity index (χ1) is 10.5. The molecule has 1 heterocycles. The van der Waals surface area contributed by atoms with Crippen LogP contribution < -0.4 is 0 Å². The second-order valence-corrected chi connectivity index (χ2v) is 7.97. The maximum Gasteiger partial charge on any atom is 0.436 e. The predicted molar refractivity (Wildman–Crippen MR) is 81.1 cm³/mol. The minimum Gasteiger partial charge on any atom is -0.239 e. The quantitative estimate of drug-likeness (QED) is 0.816. The van der Waals surface area contributed by atoms with Gasteiger partial charge in [-0.2, -0.15) is 13.2 Å². The summed E-state index contributed by atoms with van der Waals surface area (Å²) in [5.41, 5.74) is -1.55. The van der Waals surface area contributed by atoms with E-state index in [0.29, 0.717) is 0 Å². The van der Waals surface area contributed by atoms with Crippen LogP contribution in [0.3, 0.4) is 0 Å². The Morgan fingerprint density at radius 1 is 1.17 bits per heavy atom. The first-order valence-electron chi connectivity index (χ1n) is 6.78. The number of benzene rings is 1. The fourth-order valence-corrected chi connectivity index (χ4v) is 3.74. The SMILES string of the molecule is CC(C)CCS(=O)(=O)c1nc2cc(Cl)ccc2nc1C(F)(F)F. The van der Waals surface area contributed by atoms with Gasteiger partial charge in [0.15, 0.2) is 20.6 Å². The summed E-state index contributed by atoms with van der Waals surface area (Å²) in [5, 5.41) is -0.808. The molecule has 0 saturated heterocycles. The molecule has 0 saturated carbocycles. The van der Waals surface area contributed by atoms with E-state index in [1.165, 1.54) is 18.2 Å². The maximum absolute atomic E-state index is 13.2. The lowest BCUT2D eigenvalue weighted by atomic mass is 10.2. The van der Waals surface area contributed by atoms with E-state index in [4.69, 9.17) is 11.6 Å². The highest BCUT2D eigenvalue weighted by Crippen LogP contribution is 2.34. The Morgan fingerprint density at radius 2 is 1.83 bits per heavy atom. The molecule has 0 spiro atoms. The molecule has 1 aromatic heterocycles. The second kappa shape index (κ2) is 6.24. The van der Waals surface area contributed by atoms with Crippen molar-refractivity contribution in [1.82, 2.24) is 9.97 Å². The first kappa shape index (κ1) is 17.9. The van der Waals surface area contributed by atoms with E-state index in [-0.39, 0.29) is 28.4 Å². The van der Waals surface area contributed by atoms with Crippen LogP contribution in [0.25, 0.3) is 11.0 Å². The van der Waals surface area contributed by atoms with E-state index >= 15 is 0 Å². The molecule has 0 radical (unpaired) electrons. The van der Waals surface area contributed by atoms with Gasteiger partial charge < -0.3 is 0 Å². The zero-order chi connectivity index (χ0) is 17.4. The summed E-state index contributed by atoms with van der Waals surface area (Å²) >= 11 is 5.78. The average Bonchev–Trinajstić information content (AvgIpc) is 2.42. The number of hydrogen-bond donors (Lipinski definition) is 0. The van der Waals surface area contributed by atoms with Crippen molar-refractivity contribution in [3.05, 3.63) is 28.9 Å². The molecule has 0 bridgehead atoms. The zero-order valence-corrected chi connectivity index (χ0v) is 13.9. The lowest BCUT2D eigenvalue weighted by Crippen LogP contribution is -2.20. The van der Waals surface area contributed by atoms with Crippen molar-refractivity contribution in [2.24, 2.45) is 5.92 Å². The van der Waals surface area contributed by atoms with Crippen molar-refractivity contribution in [3.63, 3.8) is 0 Å². The van der Waals surface area contributed by atoms with E-state index in [2.05, 4.69) is 9.97 Å². The highest BCUT2D eigenvalue weighted by molar-refractivity contribution is 7.91. The Labute approximate surface area is 136 Å². The second-order valence-electron chi connectivity index (χ2n) is 5.51. The van der Waals surface area contributed by atoms with Crippen LogP contribution in [0, 0.1) is 5.92 Å². The molecule has 4 nitrogen and oxygen atoms in total. The summed E-state index contributed by atoms with van der Waals surface area (Å²) in [6.45, 7) is 3.57. The molecule has 9 heteroatoms. The van der Waals surface area contributed by atoms with Gasteiger partial charge in [0.1, 0.15) is 0 Å². The van der Waals surface area contributed by atoms with Crippen molar-refractivity contribution in [2.75, 3.05) is 5.75 Å². The van der Waals surface area contributed by atoms with Gasteiger partial charge in [0.25, 0.3) is 0 Å². The fourth-order valence-electron chi connectivity index (χ4n) is 1.90. The molecular weight excluding hydrogens is 353 g/mol. The maximum atomic E-state index is 13.2. The van der Waals surface area contributed by atoms with Crippen LogP contribution in [-0.2, 0) is 16.0 Å². The van der Waals surface area contributed by atoms with Gasteiger partial charge >= 0.3 is 6.18 Å². The Kier molecular flexibility index (Phi) is 4.86. The predicted octanol–water partition coefficient (Wildman–Crippen LogP) is 4.12. The third kappa shape index (κ3) is 4.11. The highest BCUT2D eigenvalue weighted by atomic mass is 35.5. The van der Waals surface area contributed by atoms with Crippen molar-refractivity contribution >= 4 is 32.5 Å². The number of fused-ring (bicyclic) bond motifs is 1. The summed E-state index contributed by atoms with van der Waals surface area (Å²) in [4.78, 5) is 7.15. The standard InChI is InChI=1S/C14H14ClF3N2O2S/c1-8(2)5-6-23(21,22)13-12(14(16,17)18)19-10-4-3-9(15)7-11(10)20-13/h3-4,7-8H,5-6H2,1-2H3. The van der Waals surface area contributed by atoms with Crippen molar-refractivity contribution in [1.29, 1.82) is 0 Å². The van der Waals surface area contributed by atoms with Gasteiger partial charge in [0.05, 0.1) is 16.8 Å².